The summed E-state index contributed by atoms with van der Waals surface area (Å²) in [6.45, 7) is 49.7. The van der Waals surface area contributed by atoms with Gasteiger partial charge in [0.25, 0.3) is 0 Å². The molecule has 0 aromatic heterocycles. The van der Waals surface area contributed by atoms with Gasteiger partial charge in [0.05, 0.1) is 26.4 Å². The van der Waals surface area contributed by atoms with Crippen molar-refractivity contribution in [2.75, 3.05) is 13.2 Å². The van der Waals surface area contributed by atoms with E-state index in [0.717, 1.165) is 111 Å². The van der Waals surface area contributed by atoms with Gasteiger partial charge < -0.3 is 58.3 Å². The lowest BCUT2D eigenvalue weighted by atomic mass is 9.99. The predicted octanol–water partition coefficient (Wildman–Crippen LogP) is 33.7. The molecule has 12 unspecified atom stereocenters. The fourth-order valence-corrected chi connectivity index (χ4v) is 13.8. The predicted molar refractivity (Wildman–Crippen MR) is 562 cm³/mol. The third-order valence-electron chi connectivity index (χ3n) is 24.7. The highest BCUT2D eigenvalue weighted by Crippen LogP contribution is 2.30. The van der Waals surface area contributed by atoms with Crippen LogP contribution < -0.4 is 18.9 Å². The molecule has 12 aromatic rings. The number of aryl methyl sites for hydroxylation is 4. The van der Waals surface area contributed by atoms with Crippen molar-refractivity contribution in [1.82, 2.24) is 0 Å². The Hall–Kier alpha value is -11.1. The van der Waals surface area contributed by atoms with Crippen molar-refractivity contribution in [1.29, 1.82) is 0 Å². The summed E-state index contributed by atoms with van der Waals surface area (Å²) in [4.78, 5) is 0. The summed E-state index contributed by atoms with van der Waals surface area (Å²) in [5, 5.41) is 36.0. The van der Waals surface area contributed by atoms with Crippen LogP contribution in [-0.2, 0) is 45.0 Å². The Kier molecular flexibility index (Phi) is 55.4. The zero-order valence-electron chi connectivity index (χ0n) is 85.2. The van der Waals surface area contributed by atoms with E-state index in [1.54, 1.807) is 48.5 Å². The van der Waals surface area contributed by atoms with Gasteiger partial charge in [-0.25, -0.2) is 0 Å². The maximum absolute atomic E-state index is 9.01. The quantitative estimate of drug-likeness (QED) is 0.0213. The van der Waals surface area contributed by atoms with Crippen LogP contribution >= 0.6 is 0 Å². The molecule has 4 N–H and O–H groups in total. The Morgan fingerprint density at radius 3 is 0.687 bits per heavy atom. The Balaban J connectivity index is 0.000000276. The number of hydrogen-bond donors (Lipinski definition) is 4. The Morgan fingerprint density at radius 1 is 0.216 bits per heavy atom. The number of phenolic OH excluding ortho intramolecular Hbond substituents is 4. The van der Waals surface area contributed by atoms with E-state index in [9.17, 15) is 0 Å². The Morgan fingerprint density at radius 2 is 0.433 bits per heavy atom. The average Bonchev–Trinajstić information content (AvgIpc) is 0.881. The van der Waals surface area contributed by atoms with Crippen LogP contribution in [0.3, 0.4) is 0 Å². The van der Waals surface area contributed by atoms with Crippen LogP contribution in [0.1, 0.15) is 328 Å². The minimum atomic E-state index is -0.268. The molecular formula is C122H164O12. The van der Waals surface area contributed by atoms with Gasteiger partial charge in [0, 0.05) is 0 Å². The number of rotatable bonds is 40. The molecule has 0 aliphatic rings. The maximum atomic E-state index is 9.01. The molecule has 12 aromatic carbocycles. The molecule has 134 heavy (non-hydrogen) atoms. The molecule has 12 nitrogen and oxygen atoms in total. The van der Waals surface area contributed by atoms with Gasteiger partial charge >= 0.3 is 0 Å². The molecule has 0 bridgehead atoms. The second kappa shape index (κ2) is 65.5. The van der Waals surface area contributed by atoms with Crippen molar-refractivity contribution >= 4 is 0 Å². The molecule has 12 rings (SSSR count). The minimum absolute atomic E-state index is 0.222. The number of aromatic hydroxyl groups is 4. The van der Waals surface area contributed by atoms with E-state index in [4.69, 9.17) is 58.3 Å². The number of benzene rings is 12. The second-order valence-electron chi connectivity index (χ2n) is 35.3. The van der Waals surface area contributed by atoms with Crippen molar-refractivity contribution in [3.8, 4) is 46.0 Å². The van der Waals surface area contributed by atoms with Crippen molar-refractivity contribution < 1.29 is 58.3 Å². The molecule has 724 valence electrons. The topological polar surface area (TPSA) is 155 Å². The van der Waals surface area contributed by atoms with Crippen LogP contribution in [0.4, 0.5) is 0 Å². The van der Waals surface area contributed by atoms with Crippen molar-refractivity contribution in [3.05, 3.63) is 381 Å². The first kappa shape index (κ1) is 113. The van der Waals surface area contributed by atoms with Gasteiger partial charge in [-0.3, -0.25) is 0 Å². The molecule has 0 heterocycles. The van der Waals surface area contributed by atoms with Gasteiger partial charge in [0.2, 0.25) is 0 Å². The Labute approximate surface area is 808 Å². The third-order valence-corrected chi connectivity index (χ3v) is 24.7. The zero-order chi connectivity index (χ0) is 98.0. The van der Waals surface area contributed by atoms with Crippen LogP contribution in [0.25, 0.3) is 0 Å². The molecule has 0 radical (unpaired) electrons. The summed E-state index contributed by atoms with van der Waals surface area (Å²) in [6.07, 6.45) is 12.3. The molecule has 0 saturated heterocycles. The zero-order valence-corrected chi connectivity index (χ0v) is 85.2. The lowest BCUT2D eigenvalue weighted by Crippen LogP contribution is -2.17. The van der Waals surface area contributed by atoms with E-state index in [2.05, 4.69) is 246 Å². The standard InChI is InChI=1S/C22H30O2.C21H28O2.C20H26O2.C19H24O2.4C10H14O/c1-5-17(2)21-12-14-22(15-13-21)24-19(4)23-16-8-11-20-10-7-6-9-18(20)3;1-4-17(2)20-12-14-21(15-13-20)23-18(3)22-16-8-11-19-9-6-5-7-10-19;1-5-16(3)19-10-12-20(13-11-19)22-17(4)21-14-18-8-6-15(2)7-9-18;1-4-15(2)18-10-12-19(13-11-18)21-16(3)20-14-17-8-6-5-7-9-17;4*1-3-8(2)9-4-6-10(11)7-5-9/h6-7,9-10,12-15,17,19H,5,8,11,16H2,1-4H3;5-7,9-10,12-15,17-18H,4,8,11,16H2,1-3H3;6-13,16-17H,5,14H2,1-4H3;5-13,15-16H,4,14H2,1-3H3;4*4-8,11H,3H2,1-2H3. The largest absolute Gasteiger partial charge is 0.508 e. The number of hydrogen-bond acceptors (Lipinski definition) is 12. The van der Waals surface area contributed by atoms with Crippen LogP contribution in [0.5, 0.6) is 46.0 Å². The number of ether oxygens (including phenoxy) is 8. The van der Waals surface area contributed by atoms with Crippen molar-refractivity contribution in [2.24, 2.45) is 0 Å². The van der Waals surface area contributed by atoms with E-state index < -0.39 is 0 Å². The molecular weight excluding hydrogens is 1660 g/mol. The maximum Gasteiger partial charge on any atom is 0.197 e. The number of phenols is 4. The molecule has 0 spiro atoms. The molecule has 0 aliphatic carbocycles. The molecule has 0 saturated carbocycles. The first-order valence-corrected chi connectivity index (χ1v) is 49.4. The first-order chi connectivity index (χ1) is 64.5. The monoisotopic (exact) mass is 1820 g/mol. The first-order valence-electron chi connectivity index (χ1n) is 49.4. The van der Waals surface area contributed by atoms with Gasteiger partial charge in [0.1, 0.15) is 46.0 Å². The van der Waals surface area contributed by atoms with Gasteiger partial charge in [-0.1, -0.05) is 323 Å². The lowest BCUT2D eigenvalue weighted by Gasteiger charge is -2.16. The van der Waals surface area contributed by atoms with Gasteiger partial charge in [-0.05, 0) is 335 Å². The Bertz CT molecular complexity index is 4710. The lowest BCUT2D eigenvalue weighted by molar-refractivity contribution is -0.0761. The fourth-order valence-electron chi connectivity index (χ4n) is 13.8. The van der Waals surface area contributed by atoms with E-state index in [1.807, 2.05) is 161 Å². The molecule has 0 aliphatic heterocycles. The summed E-state index contributed by atoms with van der Waals surface area (Å²) >= 11 is 0. The molecule has 12 atom stereocenters. The molecule has 0 amide bonds. The second-order valence-corrected chi connectivity index (χ2v) is 35.3. The van der Waals surface area contributed by atoms with Crippen LogP contribution in [-0.4, -0.2) is 58.8 Å². The summed E-state index contributed by atoms with van der Waals surface area (Å²) in [5.41, 5.74) is 18.3. The van der Waals surface area contributed by atoms with Crippen LogP contribution in [0.2, 0.25) is 0 Å². The summed E-state index contributed by atoms with van der Waals surface area (Å²) in [7, 11) is 0. The van der Waals surface area contributed by atoms with Gasteiger partial charge in [-0.2, -0.15) is 0 Å². The highest BCUT2D eigenvalue weighted by atomic mass is 16.7. The van der Waals surface area contributed by atoms with Crippen LogP contribution in [0, 0.1) is 13.8 Å². The normalized spacial score (nSPS) is 13.4. The van der Waals surface area contributed by atoms with Gasteiger partial charge in [0.15, 0.2) is 25.2 Å². The summed E-state index contributed by atoms with van der Waals surface area (Å²) in [5.74, 6) is 9.55. The average molecular weight is 1820 g/mol. The van der Waals surface area contributed by atoms with Gasteiger partial charge in [-0.15, -0.1) is 0 Å². The van der Waals surface area contributed by atoms with Crippen molar-refractivity contribution in [3.63, 3.8) is 0 Å². The summed E-state index contributed by atoms with van der Waals surface area (Å²) in [6, 6.07) is 101. The van der Waals surface area contributed by atoms with E-state index in [-0.39, 0.29) is 25.2 Å². The molecule has 12 heteroatoms. The van der Waals surface area contributed by atoms with E-state index >= 15 is 0 Å². The fraction of sp³-hybridized carbons (Fsp3) is 0.410. The van der Waals surface area contributed by atoms with E-state index in [1.165, 1.54) is 66.8 Å². The molecule has 0 fully saturated rings. The highest BCUT2D eigenvalue weighted by Gasteiger charge is 2.14. The highest BCUT2D eigenvalue weighted by molar-refractivity contribution is 5.36. The van der Waals surface area contributed by atoms with E-state index in [0.29, 0.717) is 96.8 Å². The third kappa shape index (κ3) is 46.2. The smallest absolute Gasteiger partial charge is 0.197 e. The summed E-state index contributed by atoms with van der Waals surface area (Å²) < 4.78 is 46.2. The minimum Gasteiger partial charge on any atom is -0.508 e. The van der Waals surface area contributed by atoms with Crippen LogP contribution in [0.15, 0.2) is 303 Å². The van der Waals surface area contributed by atoms with Crippen molar-refractivity contribution in [2.45, 2.75) is 315 Å². The SMILES string of the molecule is CCC(C)c1ccc(O)cc1.CCC(C)c1ccc(O)cc1.CCC(C)c1ccc(O)cc1.CCC(C)c1ccc(O)cc1.CCC(C)c1ccc(OC(C)OCCCc2ccccc2)cc1.CCC(C)c1ccc(OC(C)OCCCc2ccccc2C)cc1.CCC(C)c1ccc(OC(C)OCc2ccc(C)cc2)cc1.CCC(C)c1ccc(OC(C)OCc2ccccc2)cc1.